The van der Waals surface area contributed by atoms with Gasteiger partial charge < -0.3 is 19.3 Å². The van der Waals surface area contributed by atoms with Gasteiger partial charge >= 0.3 is 0 Å². The van der Waals surface area contributed by atoms with Crippen LogP contribution in [0.3, 0.4) is 0 Å². The van der Waals surface area contributed by atoms with Gasteiger partial charge in [-0.15, -0.1) is 11.3 Å². The molecule has 378 valence electrons. The summed E-state index contributed by atoms with van der Waals surface area (Å²) in [5.74, 6) is 0. The van der Waals surface area contributed by atoms with E-state index in [4.69, 9.17) is 9.47 Å². The Morgan fingerprint density at radius 3 is 0.960 bits per heavy atom. The Hall–Kier alpha value is -7.54. The SMILES string of the molecule is C=Cc1ccc(COC(CC)c2ccc(N(c3ccc(CCC)cc3)c3ccc(-c4ccc(-c5ccc(N(c6ccc(CCC)cc6)c6ccc(C(CC)OCc7ccc(C=C)cc7)cc6)cc5)s4)cc3)cc2)cc1. The lowest BCUT2D eigenvalue weighted by molar-refractivity contribution is 0.0371. The predicted molar refractivity (Wildman–Crippen MR) is 321 cm³/mol. The summed E-state index contributed by atoms with van der Waals surface area (Å²) < 4.78 is 12.9. The molecule has 9 rings (SSSR count). The third-order valence-electron chi connectivity index (χ3n) is 14.0. The largest absolute Gasteiger partial charge is 0.369 e. The molecule has 8 aromatic carbocycles. The molecule has 5 heteroatoms. The van der Waals surface area contributed by atoms with E-state index in [9.17, 15) is 0 Å². The second-order valence-electron chi connectivity index (χ2n) is 19.3. The molecule has 0 bridgehead atoms. The van der Waals surface area contributed by atoms with Crippen molar-refractivity contribution in [2.24, 2.45) is 0 Å². The van der Waals surface area contributed by atoms with Crippen LogP contribution in [0.15, 0.2) is 219 Å². The fourth-order valence-corrected chi connectivity index (χ4v) is 10.8. The molecule has 0 spiro atoms. The molecule has 0 aliphatic rings. The lowest BCUT2D eigenvalue weighted by Gasteiger charge is -2.26. The van der Waals surface area contributed by atoms with Crippen molar-refractivity contribution >= 4 is 57.6 Å². The Balaban J connectivity index is 0.925. The molecule has 0 saturated carbocycles. The smallest absolute Gasteiger partial charge is 0.0826 e. The first-order valence-corrected chi connectivity index (χ1v) is 27.6. The molecule has 0 fully saturated rings. The highest BCUT2D eigenvalue weighted by Crippen LogP contribution is 2.41. The van der Waals surface area contributed by atoms with Crippen LogP contribution in [0, 0.1) is 0 Å². The summed E-state index contributed by atoms with van der Waals surface area (Å²) in [5, 5.41) is 0. The maximum Gasteiger partial charge on any atom is 0.0826 e. The van der Waals surface area contributed by atoms with Gasteiger partial charge in [0, 0.05) is 43.9 Å². The zero-order chi connectivity index (χ0) is 51.9. The predicted octanol–water partition coefficient (Wildman–Crippen LogP) is 20.5. The van der Waals surface area contributed by atoms with Gasteiger partial charge in [-0.3, -0.25) is 0 Å². The molecule has 4 nitrogen and oxygen atoms in total. The third-order valence-corrected chi connectivity index (χ3v) is 15.2. The third kappa shape index (κ3) is 13.1. The second-order valence-corrected chi connectivity index (χ2v) is 20.3. The fourth-order valence-electron chi connectivity index (χ4n) is 9.76. The van der Waals surface area contributed by atoms with Crippen LogP contribution in [0.1, 0.15) is 110 Å². The van der Waals surface area contributed by atoms with Crippen LogP contribution in [-0.2, 0) is 35.5 Å². The van der Waals surface area contributed by atoms with E-state index in [-0.39, 0.29) is 12.2 Å². The Morgan fingerprint density at radius 2 is 0.667 bits per heavy atom. The van der Waals surface area contributed by atoms with Gasteiger partial charge in [0.15, 0.2) is 0 Å². The van der Waals surface area contributed by atoms with Crippen molar-refractivity contribution in [3.05, 3.63) is 264 Å². The minimum atomic E-state index is -0.00231. The minimum Gasteiger partial charge on any atom is -0.369 e. The number of benzene rings is 8. The van der Waals surface area contributed by atoms with Crippen LogP contribution in [0.2, 0.25) is 0 Å². The molecule has 9 aromatic rings. The molecule has 75 heavy (non-hydrogen) atoms. The Morgan fingerprint density at radius 1 is 0.373 bits per heavy atom. The summed E-state index contributed by atoms with van der Waals surface area (Å²) in [6.07, 6.45) is 9.88. The molecular weight excluding hydrogens is 933 g/mol. The fraction of sp³-hybridized carbons (Fsp3) is 0.200. The molecule has 0 amide bonds. The second kappa shape index (κ2) is 25.6. The lowest BCUT2D eigenvalue weighted by atomic mass is 10.0. The topological polar surface area (TPSA) is 24.9 Å². The summed E-state index contributed by atoms with van der Waals surface area (Å²) in [6.45, 7) is 17.7. The Kier molecular flexibility index (Phi) is 17.9. The monoisotopic (exact) mass is 1000 g/mol. The highest BCUT2D eigenvalue weighted by molar-refractivity contribution is 7.18. The summed E-state index contributed by atoms with van der Waals surface area (Å²) in [6, 6.07) is 75.3. The van der Waals surface area contributed by atoms with Crippen molar-refractivity contribution in [3.63, 3.8) is 0 Å². The van der Waals surface area contributed by atoms with Crippen LogP contribution in [0.5, 0.6) is 0 Å². The van der Waals surface area contributed by atoms with Gasteiger partial charge in [-0.2, -0.15) is 0 Å². The molecule has 0 radical (unpaired) electrons. The van der Waals surface area contributed by atoms with Crippen LogP contribution in [-0.4, -0.2) is 0 Å². The van der Waals surface area contributed by atoms with Gasteiger partial charge in [0.1, 0.15) is 0 Å². The molecule has 0 aliphatic carbocycles. The maximum atomic E-state index is 6.47. The molecule has 1 aromatic heterocycles. The lowest BCUT2D eigenvalue weighted by Crippen LogP contribution is -2.10. The zero-order valence-corrected chi connectivity index (χ0v) is 44.9. The highest BCUT2D eigenvalue weighted by atomic mass is 32.1. The number of thiophene rings is 1. The van der Waals surface area contributed by atoms with Crippen molar-refractivity contribution in [1.29, 1.82) is 0 Å². The van der Waals surface area contributed by atoms with E-state index < -0.39 is 0 Å². The van der Waals surface area contributed by atoms with E-state index >= 15 is 0 Å². The number of aryl methyl sites for hydroxylation is 2. The van der Waals surface area contributed by atoms with Crippen molar-refractivity contribution in [1.82, 2.24) is 0 Å². The number of rotatable bonds is 24. The van der Waals surface area contributed by atoms with E-state index in [1.165, 1.54) is 43.1 Å². The van der Waals surface area contributed by atoms with Crippen molar-refractivity contribution in [3.8, 4) is 20.9 Å². The molecule has 1 heterocycles. The molecular formula is C70H70N2O2S. The number of hydrogen-bond acceptors (Lipinski definition) is 5. The molecule has 0 aliphatic heterocycles. The maximum absolute atomic E-state index is 6.47. The summed E-state index contributed by atoms with van der Waals surface area (Å²) in [4.78, 5) is 7.18. The first-order valence-electron chi connectivity index (χ1n) is 26.8. The summed E-state index contributed by atoms with van der Waals surface area (Å²) in [5.41, 5.74) is 18.7. The van der Waals surface area contributed by atoms with Crippen molar-refractivity contribution in [2.45, 2.75) is 91.6 Å². The van der Waals surface area contributed by atoms with Gasteiger partial charge in [-0.1, -0.05) is 187 Å². The number of nitrogens with zero attached hydrogens (tertiary/aromatic N) is 2. The van der Waals surface area contributed by atoms with Gasteiger partial charge in [-0.05, 0) is 166 Å². The van der Waals surface area contributed by atoms with E-state index in [0.717, 1.165) is 94.9 Å². The van der Waals surface area contributed by atoms with Crippen LogP contribution >= 0.6 is 11.3 Å². The van der Waals surface area contributed by atoms with E-state index in [2.05, 4.69) is 257 Å². The zero-order valence-electron chi connectivity index (χ0n) is 44.1. The Bertz CT molecular complexity index is 2980. The summed E-state index contributed by atoms with van der Waals surface area (Å²) in [7, 11) is 0. The number of ether oxygens (including phenoxy) is 2. The average molecular weight is 1000 g/mol. The molecule has 0 N–H and O–H groups in total. The van der Waals surface area contributed by atoms with Gasteiger partial charge in [0.25, 0.3) is 0 Å². The number of hydrogen-bond donors (Lipinski definition) is 0. The standard InChI is InChI=1S/C70H70N2O2S/c1-7-13-53-23-35-61(36-24-53)71(63-39-27-57(28-40-63)67(11-5)73-49-55-19-15-51(9-3)16-20-55)65-43-31-59(32-44-65)69-47-48-70(75-69)60-33-45-66(46-34-60)72(62-37-25-54(14-8-2)26-38-62)64-41-29-58(30-42-64)68(12-6)74-50-56-21-17-52(10-4)18-22-56/h9-10,15-48,67-68H,3-4,7-8,11-14,49-50H2,1-2,5-6H3. The number of anilines is 6. The van der Waals surface area contributed by atoms with Gasteiger partial charge in [-0.25, -0.2) is 0 Å². The van der Waals surface area contributed by atoms with Crippen molar-refractivity contribution in [2.75, 3.05) is 9.80 Å². The Labute approximate surface area is 450 Å². The first-order chi connectivity index (χ1) is 36.9. The molecule has 0 saturated heterocycles. The first kappa shape index (κ1) is 52.3. The molecule has 2 unspecified atom stereocenters. The quantitative estimate of drug-likeness (QED) is 0.0602. The van der Waals surface area contributed by atoms with Crippen molar-refractivity contribution < 1.29 is 9.47 Å². The van der Waals surface area contributed by atoms with E-state index in [0.29, 0.717) is 13.2 Å². The van der Waals surface area contributed by atoms with Crippen LogP contribution in [0.4, 0.5) is 34.1 Å². The van der Waals surface area contributed by atoms with Crippen LogP contribution < -0.4 is 9.80 Å². The van der Waals surface area contributed by atoms with E-state index in [1.54, 1.807) is 0 Å². The highest BCUT2D eigenvalue weighted by Gasteiger charge is 2.19. The molecule has 2 atom stereocenters. The van der Waals surface area contributed by atoms with E-state index in [1.807, 2.05) is 23.5 Å². The normalized spacial score (nSPS) is 12.0. The van der Waals surface area contributed by atoms with Crippen LogP contribution in [0.25, 0.3) is 33.0 Å². The van der Waals surface area contributed by atoms with Gasteiger partial charge in [0.2, 0.25) is 0 Å². The average Bonchev–Trinajstić information content (AvgIpc) is 3.97. The summed E-state index contributed by atoms with van der Waals surface area (Å²) >= 11 is 1.83. The minimum absolute atomic E-state index is 0.00231. The van der Waals surface area contributed by atoms with Gasteiger partial charge in [0.05, 0.1) is 25.4 Å².